The summed E-state index contributed by atoms with van der Waals surface area (Å²) in [7, 11) is 0. The first-order valence-corrected chi connectivity index (χ1v) is 5.09. The molecule has 0 bridgehead atoms. The van der Waals surface area contributed by atoms with Crippen molar-refractivity contribution in [2.24, 2.45) is 0 Å². The third-order valence-electron chi connectivity index (χ3n) is 3.00. The van der Waals surface area contributed by atoms with E-state index in [0.717, 1.165) is 0 Å². The van der Waals surface area contributed by atoms with Gasteiger partial charge in [0.15, 0.2) is 0 Å². The highest BCUT2D eigenvalue weighted by Gasteiger charge is 2.18. The molecule has 0 saturated carbocycles. The Morgan fingerprint density at radius 2 is 1.25 bits per heavy atom. The molecule has 1 nitrogen and oxygen atoms in total. The van der Waals surface area contributed by atoms with Crippen LogP contribution in [0.25, 0.3) is 0 Å². The topological polar surface area (TPSA) is 0 Å². The minimum Gasteiger partial charge on any atom is -1.00 e. The number of rotatable bonds is 6. The molecule has 0 atom stereocenters. The van der Waals surface area contributed by atoms with Gasteiger partial charge in [0.1, 0.15) is 0 Å². The van der Waals surface area contributed by atoms with Crippen molar-refractivity contribution in [3.63, 3.8) is 0 Å². The van der Waals surface area contributed by atoms with Gasteiger partial charge in [-0.2, -0.15) is 0 Å². The largest absolute Gasteiger partial charge is 1.00 e. The molecule has 0 aromatic rings. The standard InChI is InChI=1S/C10H24N.HI/c1-5-9-10-11(6-2,7-3)8-4;/h5-10H2,1-4H3;1H/q+1;/p-1. The summed E-state index contributed by atoms with van der Waals surface area (Å²) in [5.41, 5.74) is 0. The van der Waals surface area contributed by atoms with Crippen LogP contribution < -0.4 is 24.0 Å². The van der Waals surface area contributed by atoms with Crippen LogP contribution in [0.3, 0.4) is 0 Å². The third-order valence-corrected chi connectivity index (χ3v) is 3.00. The maximum Gasteiger partial charge on any atom is 0.0786 e. The van der Waals surface area contributed by atoms with E-state index >= 15 is 0 Å². The maximum absolute atomic E-state index is 2.31. The fraction of sp³-hybridized carbons (Fsp3) is 1.00. The van der Waals surface area contributed by atoms with Crippen LogP contribution in [-0.4, -0.2) is 30.7 Å². The van der Waals surface area contributed by atoms with Crippen molar-refractivity contribution >= 4 is 0 Å². The van der Waals surface area contributed by atoms with Gasteiger partial charge >= 0.3 is 0 Å². The molecule has 0 aliphatic rings. The van der Waals surface area contributed by atoms with E-state index in [1.54, 1.807) is 0 Å². The van der Waals surface area contributed by atoms with Gasteiger partial charge in [-0.15, -0.1) is 0 Å². The number of halogens is 1. The molecule has 2 heteroatoms. The van der Waals surface area contributed by atoms with Gasteiger partial charge in [-0.3, -0.25) is 0 Å². The molecule has 0 fully saturated rings. The smallest absolute Gasteiger partial charge is 0.0786 e. The van der Waals surface area contributed by atoms with Crippen molar-refractivity contribution < 1.29 is 28.5 Å². The van der Waals surface area contributed by atoms with Crippen LogP contribution in [0.5, 0.6) is 0 Å². The Morgan fingerprint density at radius 3 is 1.50 bits per heavy atom. The molecule has 0 saturated heterocycles. The maximum atomic E-state index is 2.31. The lowest BCUT2D eigenvalue weighted by atomic mass is 10.2. The predicted molar refractivity (Wildman–Crippen MR) is 51.7 cm³/mol. The van der Waals surface area contributed by atoms with Crippen molar-refractivity contribution in [2.75, 3.05) is 26.2 Å². The van der Waals surface area contributed by atoms with E-state index < -0.39 is 0 Å². The molecular weight excluding hydrogens is 261 g/mol. The van der Waals surface area contributed by atoms with Gasteiger partial charge in [-0.1, -0.05) is 13.3 Å². The van der Waals surface area contributed by atoms with Crippen LogP contribution in [0, 0.1) is 0 Å². The zero-order chi connectivity index (χ0) is 8.74. The fourth-order valence-electron chi connectivity index (χ4n) is 1.64. The average Bonchev–Trinajstić information content (AvgIpc) is 2.08. The highest BCUT2D eigenvalue weighted by atomic mass is 127. The molecule has 0 heterocycles. The van der Waals surface area contributed by atoms with E-state index in [4.69, 9.17) is 0 Å². The zero-order valence-corrected chi connectivity index (χ0v) is 11.2. The first kappa shape index (κ1) is 15.2. The van der Waals surface area contributed by atoms with Crippen LogP contribution in [0.1, 0.15) is 40.5 Å². The first-order chi connectivity index (χ1) is 5.24. The summed E-state index contributed by atoms with van der Waals surface area (Å²) < 4.78 is 1.31. The van der Waals surface area contributed by atoms with Crippen LogP contribution in [-0.2, 0) is 0 Å². The Labute approximate surface area is 95.1 Å². The molecular formula is C10H24IN. The van der Waals surface area contributed by atoms with Crippen molar-refractivity contribution in [1.82, 2.24) is 0 Å². The van der Waals surface area contributed by atoms with E-state index in [1.165, 1.54) is 43.5 Å². The van der Waals surface area contributed by atoms with E-state index in [0.29, 0.717) is 0 Å². The molecule has 0 aliphatic carbocycles. The van der Waals surface area contributed by atoms with Crippen molar-refractivity contribution in [3.8, 4) is 0 Å². The van der Waals surface area contributed by atoms with Crippen molar-refractivity contribution in [1.29, 1.82) is 0 Å². The molecule has 0 aromatic heterocycles. The summed E-state index contributed by atoms with van der Waals surface area (Å²) >= 11 is 0. The number of unbranched alkanes of at least 4 members (excludes halogenated alkanes) is 1. The van der Waals surface area contributed by atoms with Crippen LogP contribution in [0.2, 0.25) is 0 Å². The highest BCUT2D eigenvalue weighted by molar-refractivity contribution is 4.38. The first-order valence-electron chi connectivity index (χ1n) is 5.09. The van der Waals surface area contributed by atoms with E-state index in [9.17, 15) is 0 Å². The Balaban J connectivity index is 0. The minimum atomic E-state index is 0. The van der Waals surface area contributed by atoms with Gasteiger partial charge in [-0.25, -0.2) is 0 Å². The summed E-state index contributed by atoms with van der Waals surface area (Å²) in [4.78, 5) is 0. The van der Waals surface area contributed by atoms with Crippen LogP contribution in [0.15, 0.2) is 0 Å². The summed E-state index contributed by atoms with van der Waals surface area (Å²) in [6.07, 6.45) is 2.72. The second-order valence-corrected chi connectivity index (χ2v) is 3.37. The lowest BCUT2D eigenvalue weighted by Crippen LogP contribution is -3.00. The summed E-state index contributed by atoms with van der Waals surface area (Å²) in [5.74, 6) is 0. The number of hydrogen-bond acceptors (Lipinski definition) is 0. The SMILES string of the molecule is CCCC[N+](CC)(CC)CC.[I-]. The number of nitrogens with zero attached hydrogens (tertiary/aromatic N) is 1. The molecule has 0 rings (SSSR count). The number of hydrogen-bond donors (Lipinski definition) is 0. The van der Waals surface area contributed by atoms with Crippen molar-refractivity contribution in [3.05, 3.63) is 0 Å². The Kier molecular flexibility index (Phi) is 10.5. The monoisotopic (exact) mass is 285 g/mol. The van der Waals surface area contributed by atoms with E-state index in [2.05, 4.69) is 27.7 Å². The molecule has 0 N–H and O–H groups in total. The van der Waals surface area contributed by atoms with Gasteiger partial charge in [0.2, 0.25) is 0 Å². The lowest BCUT2D eigenvalue weighted by molar-refractivity contribution is -0.923. The molecule has 0 unspecified atom stereocenters. The Bertz CT molecular complexity index is 81.6. The quantitative estimate of drug-likeness (QED) is 0.463. The van der Waals surface area contributed by atoms with Gasteiger partial charge < -0.3 is 28.5 Å². The van der Waals surface area contributed by atoms with Crippen LogP contribution >= 0.6 is 0 Å². The molecule has 0 aliphatic heterocycles. The molecule has 0 spiro atoms. The fourth-order valence-corrected chi connectivity index (χ4v) is 1.64. The number of quaternary nitrogens is 1. The normalized spacial score (nSPS) is 11.0. The average molecular weight is 285 g/mol. The molecule has 0 aromatic carbocycles. The third kappa shape index (κ3) is 4.65. The molecule has 0 radical (unpaired) electrons. The van der Waals surface area contributed by atoms with Gasteiger partial charge in [0.25, 0.3) is 0 Å². The highest BCUT2D eigenvalue weighted by Crippen LogP contribution is 2.07. The predicted octanol–water partition coefficient (Wildman–Crippen LogP) is -0.333. The molecule has 76 valence electrons. The molecule has 0 amide bonds. The Hall–Kier alpha value is 0.690. The molecule has 12 heavy (non-hydrogen) atoms. The second-order valence-electron chi connectivity index (χ2n) is 3.37. The van der Waals surface area contributed by atoms with Gasteiger partial charge in [0, 0.05) is 0 Å². The minimum absolute atomic E-state index is 0. The Morgan fingerprint density at radius 1 is 0.833 bits per heavy atom. The van der Waals surface area contributed by atoms with Crippen LogP contribution in [0.4, 0.5) is 0 Å². The second kappa shape index (κ2) is 8.30. The van der Waals surface area contributed by atoms with E-state index in [-0.39, 0.29) is 24.0 Å². The van der Waals surface area contributed by atoms with E-state index in [1.807, 2.05) is 0 Å². The summed E-state index contributed by atoms with van der Waals surface area (Å²) in [6.45, 7) is 14.5. The zero-order valence-electron chi connectivity index (χ0n) is 9.07. The lowest BCUT2D eigenvalue weighted by Gasteiger charge is -2.35. The van der Waals surface area contributed by atoms with Crippen molar-refractivity contribution in [2.45, 2.75) is 40.5 Å². The van der Waals surface area contributed by atoms with Gasteiger partial charge in [0.05, 0.1) is 26.2 Å². The van der Waals surface area contributed by atoms with Gasteiger partial charge in [-0.05, 0) is 27.2 Å². The summed E-state index contributed by atoms with van der Waals surface area (Å²) in [5, 5.41) is 0. The summed E-state index contributed by atoms with van der Waals surface area (Å²) in [6, 6.07) is 0.